The second kappa shape index (κ2) is 13.9. The maximum atomic E-state index is 12.5. The first-order chi connectivity index (χ1) is 17.1. The fourth-order valence-corrected chi connectivity index (χ4v) is 3.48. The van der Waals surface area contributed by atoms with Gasteiger partial charge >= 0.3 is 5.97 Å². The number of benzene rings is 3. The summed E-state index contributed by atoms with van der Waals surface area (Å²) in [5.41, 5.74) is 2.29. The summed E-state index contributed by atoms with van der Waals surface area (Å²) >= 11 is 0. The Morgan fingerprint density at radius 3 is 1.83 bits per heavy atom. The predicted octanol–water partition coefficient (Wildman–Crippen LogP) is 5.28. The fourth-order valence-electron chi connectivity index (χ4n) is 3.48. The van der Waals surface area contributed by atoms with E-state index in [1.165, 1.54) is 7.11 Å². The molecule has 0 fully saturated rings. The van der Waals surface area contributed by atoms with Crippen LogP contribution in [0.5, 0.6) is 11.5 Å². The standard InChI is InChI=1S/C29H32O6/c1-3-33-29(31)27(32-2)21-22-11-15-25(16-12-22)34-19-7-8-20-35-26-17-13-24(14-18-26)28(30)23-9-5-4-6-10-23/h4-6,9-18,27H,3,7-8,19-21H2,1-2H3/t27-/m0/s1. The summed E-state index contributed by atoms with van der Waals surface area (Å²) in [6.45, 7) is 3.26. The predicted molar refractivity (Wildman–Crippen MR) is 134 cm³/mol. The normalized spacial score (nSPS) is 11.5. The highest BCUT2D eigenvalue weighted by atomic mass is 16.6. The van der Waals surface area contributed by atoms with E-state index in [1.807, 2.05) is 66.7 Å². The monoisotopic (exact) mass is 476 g/mol. The van der Waals surface area contributed by atoms with Crippen molar-refractivity contribution < 1.29 is 28.5 Å². The highest BCUT2D eigenvalue weighted by Crippen LogP contribution is 2.17. The number of ether oxygens (including phenoxy) is 4. The van der Waals surface area contributed by atoms with Crippen LogP contribution in [0.4, 0.5) is 0 Å². The average Bonchev–Trinajstić information content (AvgIpc) is 2.90. The van der Waals surface area contributed by atoms with E-state index in [1.54, 1.807) is 19.1 Å². The van der Waals surface area contributed by atoms with Gasteiger partial charge in [-0.25, -0.2) is 4.79 Å². The number of ketones is 1. The maximum absolute atomic E-state index is 12.5. The number of methoxy groups -OCH3 is 1. The summed E-state index contributed by atoms with van der Waals surface area (Å²) in [6, 6.07) is 24.1. The first-order valence-electron chi connectivity index (χ1n) is 11.8. The molecule has 0 N–H and O–H groups in total. The van der Waals surface area contributed by atoms with Gasteiger partial charge in [0, 0.05) is 24.7 Å². The molecule has 0 aliphatic carbocycles. The lowest BCUT2D eigenvalue weighted by Crippen LogP contribution is -2.27. The molecular weight excluding hydrogens is 444 g/mol. The summed E-state index contributed by atoms with van der Waals surface area (Å²) in [4.78, 5) is 24.3. The van der Waals surface area contributed by atoms with Gasteiger partial charge in [0.2, 0.25) is 0 Å². The molecule has 0 amide bonds. The number of unbranched alkanes of at least 4 members (excludes halogenated alkanes) is 1. The summed E-state index contributed by atoms with van der Waals surface area (Å²) < 4.78 is 21.8. The molecule has 0 saturated heterocycles. The Balaban J connectivity index is 1.33. The first kappa shape index (κ1) is 26.0. The van der Waals surface area contributed by atoms with Crippen molar-refractivity contribution in [3.05, 3.63) is 95.6 Å². The Hall–Kier alpha value is -3.64. The molecule has 6 nitrogen and oxygen atoms in total. The largest absolute Gasteiger partial charge is 0.494 e. The zero-order chi connectivity index (χ0) is 24.9. The molecule has 1 atom stereocenters. The van der Waals surface area contributed by atoms with Gasteiger partial charge in [-0.2, -0.15) is 0 Å². The number of carbonyl (C=O) groups excluding carboxylic acids is 2. The van der Waals surface area contributed by atoms with Crippen LogP contribution in [0.1, 0.15) is 41.3 Å². The molecule has 3 aromatic carbocycles. The summed E-state index contributed by atoms with van der Waals surface area (Å²) in [7, 11) is 1.50. The van der Waals surface area contributed by atoms with Crippen molar-refractivity contribution in [2.75, 3.05) is 26.9 Å². The van der Waals surface area contributed by atoms with Crippen LogP contribution < -0.4 is 9.47 Å². The van der Waals surface area contributed by atoms with Crippen molar-refractivity contribution in [1.29, 1.82) is 0 Å². The Kier molecular flexibility index (Phi) is 10.3. The molecule has 3 aromatic rings. The average molecular weight is 477 g/mol. The third-order valence-electron chi connectivity index (χ3n) is 5.41. The van der Waals surface area contributed by atoms with E-state index in [0.29, 0.717) is 37.4 Å². The molecule has 0 spiro atoms. The lowest BCUT2D eigenvalue weighted by Gasteiger charge is -2.14. The molecule has 35 heavy (non-hydrogen) atoms. The van der Waals surface area contributed by atoms with Crippen LogP contribution in [0.3, 0.4) is 0 Å². The van der Waals surface area contributed by atoms with Crippen molar-refractivity contribution in [3.8, 4) is 11.5 Å². The molecule has 0 heterocycles. The van der Waals surface area contributed by atoms with Crippen molar-refractivity contribution in [3.63, 3.8) is 0 Å². The van der Waals surface area contributed by atoms with E-state index >= 15 is 0 Å². The van der Waals surface area contributed by atoms with Gasteiger partial charge < -0.3 is 18.9 Å². The lowest BCUT2D eigenvalue weighted by molar-refractivity contribution is -0.154. The Morgan fingerprint density at radius 2 is 1.29 bits per heavy atom. The van der Waals surface area contributed by atoms with Crippen LogP contribution >= 0.6 is 0 Å². The molecule has 6 heteroatoms. The number of carbonyl (C=O) groups is 2. The van der Waals surface area contributed by atoms with E-state index in [9.17, 15) is 9.59 Å². The van der Waals surface area contributed by atoms with Crippen LogP contribution in [-0.4, -0.2) is 44.8 Å². The van der Waals surface area contributed by atoms with Crippen molar-refractivity contribution in [2.45, 2.75) is 32.3 Å². The molecule has 0 bridgehead atoms. The van der Waals surface area contributed by atoms with Gasteiger partial charge in [-0.3, -0.25) is 4.79 Å². The Morgan fingerprint density at radius 1 is 0.743 bits per heavy atom. The topological polar surface area (TPSA) is 71.1 Å². The van der Waals surface area contributed by atoms with E-state index in [2.05, 4.69) is 0 Å². The molecule has 0 aliphatic heterocycles. The van der Waals surface area contributed by atoms with E-state index in [-0.39, 0.29) is 11.8 Å². The zero-order valence-electron chi connectivity index (χ0n) is 20.3. The number of hydrogen-bond acceptors (Lipinski definition) is 6. The minimum atomic E-state index is -0.609. The second-order valence-electron chi connectivity index (χ2n) is 7.95. The van der Waals surface area contributed by atoms with Crippen molar-refractivity contribution in [2.24, 2.45) is 0 Å². The Bertz CT molecular complexity index is 1040. The van der Waals surface area contributed by atoms with Gasteiger partial charge in [0.05, 0.1) is 19.8 Å². The molecule has 3 rings (SSSR count). The van der Waals surface area contributed by atoms with Gasteiger partial charge in [-0.1, -0.05) is 42.5 Å². The van der Waals surface area contributed by atoms with E-state index < -0.39 is 6.10 Å². The third kappa shape index (κ3) is 8.26. The summed E-state index contributed by atoms with van der Waals surface area (Å²) in [5.74, 6) is 1.16. The van der Waals surface area contributed by atoms with Crippen LogP contribution in [0, 0.1) is 0 Å². The SMILES string of the molecule is CCOC(=O)[C@H](Cc1ccc(OCCCCOc2ccc(C(=O)c3ccccc3)cc2)cc1)OC. The minimum absolute atomic E-state index is 0.000144. The van der Waals surface area contributed by atoms with E-state index in [4.69, 9.17) is 18.9 Å². The summed E-state index contributed by atoms with van der Waals surface area (Å²) in [5, 5.41) is 0. The van der Waals surface area contributed by atoms with Crippen LogP contribution in [0.15, 0.2) is 78.9 Å². The second-order valence-corrected chi connectivity index (χ2v) is 7.95. The molecular formula is C29H32O6. The number of esters is 1. The first-order valence-corrected chi connectivity index (χ1v) is 11.8. The lowest BCUT2D eigenvalue weighted by atomic mass is 10.0. The molecule has 184 valence electrons. The van der Waals surface area contributed by atoms with Crippen LogP contribution in [0.25, 0.3) is 0 Å². The molecule has 0 aliphatic rings. The number of hydrogen-bond donors (Lipinski definition) is 0. The van der Waals surface area contributed by atoms with Gasteiger partial charge in [-0.15, -0.1) is 0 Å². The highest BCUT2D eigenvalue weighted by molar-refractivity contribution is 6.08. The molecule has 0 unspecified atom stereocenters. The number of rotatable bonds is 14. The minimum Gasteiger partial charge on any atom is -0.494 e. The highest BCUT2D eigenvalue weighted by Gasteiger charge is 2.19. The maximum Gasteiger partial charge on any atom is 0.335 e. The Labute approximate surface area is 206 Å². The fraction of sp³-hybridized carbons (Fsp3) is 0.310. The third-order valence-corrected chi connectivity index (χ3v) is 5.41. The molecule has 0 radical (unpaired) electrons. The van der Waals surface area contributed by atoms with Gasteiger partial charge in [-0.05, 0) is 61.7 Å². The zero-order valence-corrected chi connectivity index (χ0v) is 20.3. The van der Waals surface area contributed by atoms with Gasteiger partial charge in [0.15, 0.2) is 11.9 Å². The van der Waals surface area contributed by atoms with Gasteiger partial charge in [0.1, 0.15) is 11.5 Å². The van der Waals surface area contributed by atoms with Gasteiger partial charge in [0.25, 0.3) is 0 Å². The quantitative estimate of drug-likeness (QED) is 0.179. The van der Waals surface area contributed by atoms with Crippen LogP contribution in [0.2, 0.25) is 0 Å². The van der Waals surface area contributed by atoms with Crippen molar-refractivity contribution in [1.82, 2.24) is 0 Å². The summed E-state index contributed by atoms with van der Waals surface area (Å²) in [6.07, 6.45) is 1.54. The smallest absolute Gasteiger partial charge is 0.335 e. The van der Waals surface area contributed by atoms with E-state index in [0.717, 1.165) is 29.9 Å². The van der Waals surface area contributed by atoms with Crippen molar-refractivity contribution >= 4 is 11.8 Å². The van der Waals surface area contributed by atoms with Crippen LogP contribution in [-0.2, 0) is 20.7 Å². The molecule has 0 saturated carbocycles. The molecule has 0 aromatic heterocycles.